The lowest BCUT2D eigenvalue weighted by atomic mass is 9.90. The Morgan fingerprint density at radius 3 is 2.82 bits per heavy atom. The van der Waals surface area contributed by atoms with E-state index in [0.717, 1.165) is 37.3 Å². The van der Waals surface area contributed by atoms with Gasteiger partial charge in [0.25, 0.3) is 0 Å². The number of carbonyl (C=O) groups is 1. The first-order valence-electron chi connectivity index (χ1n) is 7.44. The molecular weight excluding hydrogens is 304 g/mol. The summed E-state index contributed by atoms with van der Waals surface area (Å²) in [6.07, 6.45) is 3.12. The number of nitrogens with one attached hydrogen (secondary N) is 2. The van der Waals surface area contributed by atoms with E-state index in [0.29, 0.717) is 13.2 Å². The first-order chi connectivity index (χ1) is 10.1. The zero-order chi connectivity index (χ0) is 15.1. The number of hydrogen-bond acceptors (Lipinski definition) is 4. The summed E-state index contributed by atoms with van der Waals surface area (Å²) < 4.78 is 10.7. The van der Waals surface area contributed by atoms with Gasteiger partial charge in [0.2, 0.25) is 5.91 Å². The third-order valence-corrected chi connectivity index (χ3v) is 3.82. The molecule has 0 bridgehead atoms. The quantitative estimate of drug-likeness (QED) is 0.786. The number of ether oxygens (including phenoxy) is 2. The second-order valence-electron chi connectivity index (χ2n) is 5.50. The third kappa shape index (κ3) is 5.07. The lowest BCUT2D eigenvalue weighted by Gasteiger charge is -2.33. The Hall–Kier alpha value is -1.46. The summed E-state index contributed by atoms with van der Waals surface area (Å²) in [5, 5.41) is 6.23. The molecule has 1 aliphatic rings. The highest BCUT2D eigenvalue weighted by atomic mass is 35.5. The van der Waals surface area contributed by atoms with Gasteiger partial charge in [-0.1, -0.05) is 6.07 Å². The van der Waals surface area contributed by atoms with Crippen molar-refractivity contribution in [3.8, 4) is 11.5 Å². The van der Waals surface area contributed by atoms with Gasteiger partial charge in [-0.05, 0) is 44.9 Å². The van der Waals surface area contributed by atoms with Crippen molar-refractivity contribution in [2.45, 2.75) is 31.7 Å². The Kier molecular flexibility index (Phi) is 7.48. The van der Waals surface area contributed by atoms with Gasteiger partial charge in [-0.25, -0.2) is 0 Å². The molecule has 0 saturated carbocycles. The molecule has 5 nitrogen and oxygen atoms in total. The van der Waals surface area contributed by atoms with E-state index in [1.54, 1.807) is 7.11 Å². The van der Waals surface area contributed by atoms with Gasteiger partial charge in [0, 0.05) is 6.07 Å². The number of halogens is 1. The average molecular weight is 329 g/mol. The van der Waals surface area contributed by atoms with Crippen LogP contribution < -0.4 is 20.1 Å². The second-order valence-corrected chi connectivity index (χ2v) is 5.50. The van der Waals surface area contributed by atoms with E-state index >= 15 is 0 Å². The van der Waals surface area contributed by atoms with Crippen molar-refractivity contribution in [1.29, 1.82) is 0 Å². The number of benzene rings is 1. The molecule has 0 radical (unpaired) electrons. The van der Waals surface area contributed by atoms with Crippen molar-refractivity contribution in [3.63, 3.8) is 0 Å². The lowest BCUT2D eigenvalue weighted by molar-refractivity contribution is -0.128. The summed E-state index contributed by atoms with van der Waals surface area (Å²) in [5.74, 6) is 1.55. The highest BCUT2D eigenvalue weighted by molar-refractivity contribution is 5.86. The van der Waals surface area contributed by atoms with Crippen LogP contribution in [0.5, 0.6) is 11.5 Å². The summed E-state index contributed by atoms with van der Waals surface area (Å²) in [6.45, 7) is 3.80. The van der Waals surface area contributed by atoms with Crippen LogP contribution in [-0.4, -0.2) is 38.3 Å². The van der Waals surface area contributed by atoms with Gasteiger partial charge >= 0.3 is 0 Å². The standard InChI is InChI=1S/C16H24N2O3.ClH/c1-16(8-3-4-9-18-16)15(19)17-10-11-21-14-7-5-6-13(12-14)20-2;/h5-7,12,18H,3-4,8-11H2,1-2H3,(H,17,19);1H. The molecular formula is C16H25ClN2O3. The Morgan fingerprint density at radius 2 is 2.14 bits per heavy atom. The SMILES string of the molecule is COc1cccc(OCCNC(=O)C2(C)CCCCN2)c1.Cl. The second kappa shape index (κ2) is 8.86. The van der Waals surface area contributed by atoms with Gasteiger partial charge in [0.1, 0.15) is 18.1 Å². The van der Waals surface area contributed by atoms with E-state index in [-0.39, 0.29) is 18.3 Å². The molecule has 124 valence electrons. The van der Waals surface area contributed by atoms with E-state index < -0.39 is 5.54 Å². The molecule has 2 rings (SSSR count). The Labute approximate surface area is 138 Å². The maximum Gasteiger partial charge on any atom is 0.240 e. The predicted molar refractivity (Wildman–Crippen MR) is 89.0 cm³/mol. The fraction of sp³-hybridized carbons (Fsp3) is 0.562. The van der Waals surface area contributed by atoms with Gasteiger partial charge in [-0.2, -0.15) is 0 Å². The Balaban J connectivity index is 0.00000242. The minimum Gasteiger partial charge on any atom is -0.497 e. The first-order valence-corrected chi connectivity index (χ1v) is 7.44. The number of piperidine rings is 1. The van der Waals surface area contributed by atoms with Crippen molar-refractivity contribution in [3.05, 3.63) is 24.3 Å². The molecule has 22 heavy (non-hydrogen) atoms. The van der Waals surface area contributed by atoms with E-state index in [2.05, 4.69) is 10.6 Å². The van der Waals surface area contributed by atoms with Crippen molar-refractivity contribution in [2.24, 2.45) is 0 Å². The summed E-state index contributed by atoms with van der Waals surface area (Å²) in [6, 6.07) is 7.43. The molecule has 1 aromatic rings. The molecule has 1 atom stereocenters. The van der Waals surface area contributed by atoms with Crippen LogP contribution in [0, 0.1) is 0 Å². The van der Waals surface area contributed by atoms with E-state index in [4.69, 9.17) is 9.47 Å². The molecule has 2 N–H and O–H groups in total. The molecule has 1 aromatic carbocycles. The summed E-state index contributed by atoms with van der Waals surface area (Å²) in [5.41, 5.74) is -0.436. The summed E-state index contributed by atoms with van der Waals surface area (Å²) in [4.78, 5) is 12.2. The van der Waals surface area contributed by atoms with Gasteiger partial charge in [0.15, 0.2) is 0 Å². The maximum absolute atomic E-state index is 12.2. The van der Waals surface area contributed by atoms with Crippen molar-refractivity contribution < 1.29 is 14.3 Å². The van der Waals surface area contributed by atoms with Gasteiger partial charge in [0.05, 0.1) is 19.2 Å². The lowest BCUT2D eigenvalue weighted by Crippen LogP contribution is -2.57. The molecule has 0 aliphatic carbocycles. The zero-order valence-corrected chi connectivity index (χ0v) is 14.0. The average Bonchev–Trinajstić information content (AvgIpc) is 2.52. The molecule has 1 aliphatic heterocycles. The highest BCUT2D eigenvalue weighted by Gasteiger charge is 2.33. The zero-order valence-electron chi connectivity index (χ0n) is 13.2. The number of methoxy groups -OCH3 is 1. The Bertz CT molecular complexity index is 476. The molecule has 0 aromatic heterocycles. The monoisotopic (exact) mass is 328 g/mol. The van der Waals surface area contributed by atoms with E-state index in [1.807, 2.05) is 31.2 Å². The van der Waals surface area contributed by atoms with Crippen LogP contribution in [0.1, 0.15) is 26.2 Å². The Morgan fingerprint density at radius 1 is 1.36 bits per heavy atom. The molecule has 0 spiro atoms. The highest BCUT2D eigenvalue weighted by Crippen LogP contribution is 2.19. The summed E-state index contributed by atoms with van der Waals surface area (Å²) >= 11 is 0. The van der Waals surface area contributed by atoms with Gasteiger partial charge in [-0.15, -0.1) is 12.4 Å². The molecule has 1 fully saturated rings. The third-order valence-electron chi connectivity index (χ3n) is 3.82. The van der Waals surface area contributed by atoms with Crippen LogP contribution >= 0.6 is 12.4 Å². The van der Waals surface area contributed by atoms with Gasteiger partial charge < -0.3 is 20.1 Å². The number of rotatable bonds is 6. The van der Waals surface area contributed by atoms with E-state index in [9.17, 15) is 4.79 Å². The molecule has 1 heterocycles. The van der Waals surface area contributed by atoms with Crippen molar-refractivity contribution in [2.75, 3.05) is 26.8 Å². The minimum atomic E-state index is -0.436. The normalized spacial score (nSPS) is 20.6. The molecule has 6 heteroatoms. The van der Waals surface area contributed by atoms with Gasteiger partial charge in [-0.3, -0.25) is 4.79 Å². The van der Waals surface area contributed by atoms with Crippen molar-refractivity contribution in [1.82, 2.24) is 10.6 Å². The van der Waals surface area contributed by atoms with Crippen LogP contribution in [0.2, 0.25) is 0 Å². The van der Waals surface area contributed by atoms with Crippen molar-refractivity contribution >= 4 is 18.3 Å². The minimum absolute atomic E-state index is 0. The van der Waals surface area contributed by atoms with Crippen LogP contribution in [0.3, 0.4) is 0 Å². The number of amides is 1. The number of hydrogen-bond donors (Lipinski definition) is 2. The van der Waals surface area contributed by atoms with Crippen LogP contribution in [-0.2, 0) is 4.79 Å². The molecule has 1 saturated heterocycles. The maximum atomic E-state index is 12.2. The molecule has 1 unspecified atom stereocenters. The fourth-order valence-corrected chi connectivity index (χ4v) is 2.47. The van der Waals surface area contributed by atoms with Crippen LogP contribution in [0.4, 0.5) is 0 Å². The van der Waals surface area contributed by atoms with Crippen LogP contribution in [0.15, 0.2) is 24.3 Å². The summed E-state index contributed by atoms with van der Waals surface area (Å²) in [7, 11) is 1.62. The first kappa shape index (κ1) is 18.6. The molecule has 1 amide bonds. The predicted octanol–water partition coefficient (Wildman–Crippen LogP) is 2.14. The largest absolute Gasteiger partial charge is 0.497 e. The van der Waals surface area contributed by atoms with Crippen LogP contribution in [0.25, 0.3) is 0 Å². The van der Waals surface area contributed by atoms with E-state index in [1.165, 1.54) is 0 Å². The smallest absolute Gasteiger partial charge is 0.240 e. The fourth-order valence-electron chi connectivity index (χ4n) is 2.47. The topological polar surface area (TPSA) is 59.6 Å². The number of carbonyl (C=O) groups excluding carboxylic acids is 1.